The number of halogens is 2. The summed E-state index contributed by atoms with van der Waals surface area (Å²) in [5.74, 6) is -0.576. The highest BCUT2D eigenvalue weighted by molar-refractivity contribution is 6.31. The molecule has 0 atom stereocenters. The number of benzene rings is 1. The van der Waals surface area contributed by atoms with Gasteiger partial charge >= 0.3 is 0 Å². The lowest BCUT2D eigenvalue weighted by atomic mass is 10.2. The first-order valence-corrected chi connectivity index (χ1v) is 8.05. The molecule has 0 radical (unpaired) electrons. The standard InChI is InChI=1S/C17H15ClFN5O2/c1-8-6-14(25)21-17(20-8)24-15(9(2)10(3)23-24)22-16(26)11-4-5-13(19)12(18)7-11/h4-7H,1-3H3,(H,22,26)(H,20,21,25). The van der Waals surface area contributed by atoms with Gasteiger partial charge in [0.1, 0.15) is 11.6 Å². The van der Waals surface area contributed by atoms with Crippen LogP contribution in [0.5, 0.6) is 0 Å². The number of carbonyl (C=O) groups excluding carboxylic acids is 1. The summed E-state index contributed by atoms with van der Waals surface area (Å²) in [6.07, 6.45) is 0. The van der Waals surface area contributed by atoms with Crippen LogP contribution in [0, 0.1) is 26.6 Å². The molecule has 0 saturated heterocycles. The van der Waals surface area contributed by atoms with Crippen LogP contribution in [0.3, 0.4) is 0 Å². The van der Waals surface area contributed by atoms with Crippen molar-refractivity contribution < 1.29 is 9.18 Å². The largest absolute Gasteiger partial charge is 0.306 e. The second kappa shape index (κ2) is 6.72. The van der Waals surface area contributed by atoms with Crippen molar-refractivity contribution in [1.82, 2.24) is 19.7 Å². The minimum absolute atomic E-state index is 0.149. The lowest BCUT2D eigenvalue weighted by Gasteiger charge is -2.10. The van der Waals surface area contributed by atoms with Gasteiger partial charge in [0.2, 0.25) is 5.95 Å². The maximum atomic E-state index is 13.3. The van der Waals surface area contributed by atoms with Crippen LogP contribution in [0.1, 0.15) is 27.3 Å². The van der Waals surface area contributed by atoms with E-state index < -0.39 is 11.7 Å². The fourth-order valence-corrected chi connectivity index (χ4v) is 2.57. The van der Waals surface area contributed by atoms with Crippen molar-refractivity contribution in [2.24, 2.45) is 0 Å². The summed E-state index contributed by atoms with van der Waals surface area (Å²) in [5, 5.41) is 6.89. The number of amides is 1. The van der Waals surface area contributed by atoms with E-state index in [0.29, 0.717) is 22.8 Å². The summed E-state index contributed by atoms with van der Waals surface area (Å²) < 4.78 is 14.6. The third kappa shape index (κ3) is 3.36. The molecule has 0 spiro atoms. The van der Waals surface area contributed by atoms with Gasteiger partial charge in [-0.15, -0.1) is 0 Å². The molecule has 3 rings (SSSR count). The molecular formula is C17H15ClFN5O2. The summed E-state index contributed by atoms with van der Waals surface area (Å²) in [6, 6.07) is 5.03. The zero-order valence-corrected chi connectivity index (χ0v) is 15.0. The van der Waals surface area contributed by atoms with E-state index in [9.17, 15) is 14.0 Å². The summed E-state index contributed by atoms with van der Waals surface area (Å²) >= 11 is 5.74. The molecule has 9 heteroatoms. The molecule has 134 valence electrons. The number of aromatic amines is 1. The number of H-pyrrole nitrogens is 1. The zero-order valence-electron chi connectivity index (χ0n) is 14.2. The van der Waals surface area contributed by atoms with Gasteiger partial charge in [-0.2, -0.15) is 9.78 Å². The number of rotatable bonds is 3. The highest BCUT2D eigenvalue weighted by atomic mass is 35.5. The second-order valence-electron chi connectivity index (χ2n) is 5.76. The van der Waals surface area contributed by atoms with Gasteiger partial charge in [0.25, 0.3) is 11.5 Å². The van der Waals surface area contributed by atoms with E-state index in [0.717, 1.165) is 6.07 Å². The number of nitrogens with zero attached hydrogens (tertiary/aromatic N) is 3. The van der Waals surface area contributed by atoms with Gasteiger partial charge in [0.05, 0.1) is 10.7 Å². The molecule has 1 aromatic carbocycles. The van der Waals surface area contributed by atoms with Crippen LogP contribution in [0.4, 0.5) is 10.2 Å². The lowest BCUT2D eigenvalue weighted by Crippen LogP contribution is -2.19. The minimum Gasteiger partial charge on any atom is -0.306 e. The van der Waals surface area contributed by atoms with Gasteiger partial charge in [-0.05, 0) is 39.0 Å². The van der Waals surface area contributed by atoms with Crippen LogP contribution < -0.4 is 10.9 Å². The monoisotopic (exact) mass is 375 g/mol. The summed E-state index contributed by atoms with van der Waals surface area (Å²) in [5.41, 5.74) is 1.72. The highest BCUT2D eigenvalue weighted by Crippen LogP contribution is 2.23. The molecule has 2 aromatic heterocycles. The molecule has 26 heavy (non-hydrogen) atoms. The molecule has 0 saturated carbocycles. The molecule has 0 aliphatic heterocycles. The molecule has 0 aliphatic rings. The van der Waals surface area contributed by atoms with E-state index >= 15 is 0 Å². The normalized spacial score (nSPS) is 10.8. The first-order chi connectivity index (χ1) is 12.3. The van der Waals surface area contributed by atoms with Gasteiger partial charge < -0.3 is 5.32 Å². The Morgan fingerprint density at radius 1 is 1.27 bits per heavy atom. The Bertz CT molecular complexity index is 1070. The Balaban J connectivity index is 2.03. The predicted octanol–water partition coefficient (Wildman–Crippen LogP) is 2.93. The first-order valence-electron chi connectivity index (χ1n) is 7.67. The van der Waals surface area contributed by atoms with Gasteiger partial charge in [-0.3, -0.25) is 14.6 Å². The summed E-state index contributed by atoms with van der Waals surface area (Å²) in [4.78, 5) is 31.1. The van der Waals surface area contributed by atoms with E-state index in [1.165, 1.54) is 22.9 Å². The number of nitrogens with one attached hydrogen (secondary N) is 2. The van der Waals surface area contributed by atoms with Crippen molar-refractivity contribution in [2.45, 2.75) is 20.8 Å². The number of hydrogen-bond donors (Lipinski definition) is 2. The Morgan fingerprint density at radius 3 is 2.65 bits per heavy atom. The van der Waals surface area contributed by atoms with Crippen LogP contribution in [0.15, 0.2) is 29.1 Å². The molecule has 2 heterocycles. The third-order valence-electron chi connectivity index (χ3n) is 3.83. The molecule has 1 amide bonds. The topological polar surface area (TPSA) is 92.7 Å². The smallest absolute Gasteiger partial charge is 0.256 e. The summed E-state index contributed by atoms with van der Waals surface area (Å²) in [6.45, 7) is 5.23. The molecule has 0 unspecified atom stereocenters. The molecule has 0 aliphatic carbocycles. The van der Waals surface area contributed by atoms with Crippen LogP contribution in [-0.2, 0) is 0 Å². The van der Waals surface area contributed by atoms with Crippen molar-refractivity contribution in [3.8, 4) is 5.95 Å². The SMILES string of the molecule is Cc1cc(=O)[nH]c(-n2nc(C)c(C)c2NC(=O)c2ccc(F)c(Cl)c2)n1. The van der Waals surface area contributed by atoms with E-state index in [1.807, 2.05) is 0 Å². The molecule has 3 aromatic rings. The maximum Gasteiger partial charge on any atom is 0.256 e. The fourth-order valence-electron chi connectivity index (χ4n) is 2.39. The van der Waals surface area contributed by atoms with E-state index in [2.05, 4.69) is 20.4 Å². The molecule has 0 fully saturated rings. The Labute approximate surface area is 152 Å². The van der Waals surface area contributed by atoms with Gasteiger partial charge in [-0.25, -0.2) is 9.37 Å². The Morgan fingerprint density at radius 2 is 2.00 bits per heavy atom. The number of aromatic nitrogens is 4. The maximum absolute atomic E-state index is 13.3. The van der Waals surface area contributed by atoms with Gasteiger partial charge in [0.15, 0.2) is 0 Å². The van der Waals surface area contributed by atoms with Crippen LogP contribution in [0.2, 0.25) is 5.02 Å². The first kappa shape index (κ1) is 17.8. The quantitative estimate of drug-likeness (QED) is 0.736. The Kier molecular flexibility index (Phi) is 4.60. The highest BCUT2D eigenvalue weighted by Gasteiger charge is 2.18. The number of aryl methyl sites for hydroxylation is 2. The van der Waals surface area contributed by atoms with Crippen molar-refractivity contribution in [3.05, 3.63) is 68.0 Å². The van der Waals surface area contributed by atoms with E-state index in [-0.39, 0.29) is 22.1 Å². The molecular weight excluding hydrogens is 361 g/mol. The van der Waals surface area contributed by atoms with Crippen molar-refractivity contribution in [2.75, 3.05) is 5.32 Å². The molecule has 0 bridgehead atoms. The third-order valence-corrected chi connectivity index (χ3v) is 4.12. The second-order valence-corrected chi connectivity index (χ2v) is 6.17. The fraction of sp³-hybridized carbons (Fsp3) is 0.176. The number of anilines is 1. The lowest BCUT2D eigenvalue weighted by molar-refractivity contribution is 0.102. The zero-order chi connectivity index (χ0) is 19.0. The predicted molar refractivity (Wildman–Crippen MR) is 95.6 cm³/mol. The van der Waals surface area contributed by atoms with Gasteiger partial charge in [0, 0.05) is 22.9 Å². The molecule has 2 N–H and O–H groups in total. The number of hydrogen-bond acceptors (Lipinski definition) is 4. The van der Waals surface area contributed by atoms with E-state index in [4.69, 9.17) is 11.6 Å². The van der Waals surface area contributed by atoms with E-state index in [1.54, 1.807) is 20.8 Å². The molecule has 7 nitrogen and oxygen atoms in total. The minimum atomic E-state index is -0.609. The van der Waals surface area contributed by atoms with Crippen molar-refractivity contribution in [1.29, 1.82) is 0 Å². The average molecular weight is 376 g/mol. The van der Waals surface area contributed by atoms with Crippen molar-refractivity contribution >= 4 is 23.3 Å². The van der Waals surface area contributed by atoms with Crippen molar-refractivity contribution in [3.63, 3.8) is 0 Å². The summed E-state index contributed by atoms with van der Waals surface area (Å²) in [7, 11) is 0. The van der Waals surface area contributed by atoms with Crippen LogP contribution in [0.25, 0.3) is 5.95 Å². The van der Waals surface area contributed by atoms with Crippen LogP contribution in [-0.4, -0.2) is 25.7 Å². The Hall–Kier alpha value is -3.00. The average Bonchev–Trinajstić information content (AvgIpc) is 2.85. The van der Waals surface area contributed by atoms with Gasteiger partial charge in [-0.1, -0.05) is 11.6 Å². The van der Waals surface area contributed by atoms with Crippen LogP contribution >= 0.6 is 11.6 Å². The number of carbonyl (C=O) groups is 1.